The maximum absolute atomic E-state index is 13.4. The summed E-state index contributed by atoms with van der Waals surface area (Å²) in [7, 11) is 0. The number of nitrogens with one attached hydrogen (secondary N) is 2. The van der Waals surface area contributed by atoms with Gasteiger partial charge in [-0.15, -0.1) is 0 Å². The predicted octanol–water partition coefficient (Wildman–Crippen LogP) is 1.88. The fraction of sp³-hybridized carbons (Fsp3) is 0.385. The largest absolute Gasteiger partial charge is 0.393 e. The lowest BCUT2D eigenvalue weighted by atomic mass is 10.2. The van der Waals surface area contributed by atoms with Crippen LogP contribution >= 0.6 is 0 Å². The second-order valence-electron chi connectivity index (χ2n) is 4.31. The van der Waals surface area contributed by atoms with Gasteiger partial charge in [0, 0.05) is 19.0 Å². The second-order valence-corrected chi connectivity index (χ2v) is 4.31. The van der Waals surface area contributed by atoms with Crippen molar-refractivity contribution in [3.8, 4) is 0 Å². The Kier molecular flexibility index (Phi) is 5.44. The van der Waals surface area contributed by atoms with Crippen LogP contribution in [0.25, 0.3) is 0 Å². The molecule has 0 heterocycles. The smallest absolute Gasteiger partial charge is 0.224 e. The van der Waals surface area contributed by atoms with Crippen LogP contribution in [0.15, 0.2) is 18.2 Å². The van der Waals surface area contributed by atoms with Crippen LogP contribution in [0.3, 0.4) is 0 Å². The van der Waals surface area contributed by atoms with Gasteiger partial charge in [-0.05, 0) is 31.5 Å². The van der Waals surface area contributed by atoms with Gasteiger partial charge < -0.3 is 15.7 Å². The number of aliphatic hydroxyl groups is 1. The first-order valence-electron chi connectivity index (χ1n) is 5.93. The molecule has 1 unspecified atom stereocenters. The summed E-state index contributed by atoms with van der Waals surface area (Å²) in [5.74, 6) is -1.24. The first kappa shape index (κ1) is 15.1. The van der Waals surface area contributed by atoms with Gasteiger partial charge >= 0.3 is 0 Å². The van der Waals surface area contributed by atoms with E-state index in [1.54, 1.807) is 6.92 Å². The molecule has 0 aliphatic heterocycles. The number of carbonyl (C=O) groups is 2. The van der Waals surface area contributed by atoms with Gasteiger partial charge in [-0.3, -0.25) is 9.59 Å². The number of carbonyl (C=O) groups excluding carboxylic acids is 2. The van der Waals surface area contributed by atoms with Crippen molar-refractivity contribution in [2.75, 3.05) is 10.6 Å². The van der Waals surface area contributed by atoms with E-state index in [0.29, 0.717) is 12.1 Å². The number of rotatable bonds is 5. The zero-order chi connectivity index (χ0) is 14.4. The Bertz CT molecular complexity index is 475. The van der Waals surface area contributed by atoms with E-state index in [-0.39, 0.29) is 18.0 Å². The molecule has 0 saturated carbocycles. The van der Waals surface area contributed by atoms with Crippen molar-refractivity contribution < 1.29 is 19.1 Å². The Balaban J connectivity index is 2.68. The van der Waals surface area contributed by atoms with Crippen molar-refractivity contribution in [2.24, 2.45) is 0 Å². The van der Waals surface area contributed by atoms with E-state index in [4.69, 9.17) is 5.11 Å². The minimum Gasteiger partial charge on any atom is -0.393 e. The van der Waals surface area contributed by atoms with Crippen LogP contribution in [0.1, 0.15) is 26.7 Å². The molecule has 1 rings (SSSR count). The van der Waals surface area contributed by atoms with Gasteiger partial charge in [0.05, 0.1) is 11.8 Å². The van der Waals surface area contributed by atoms with Crippen molar-refractivity contribution in [1.82, 2.24) is 0 Å². The highest BCUT2D eigenvalue weighted by Gasteiger charge is 2.08. The molecule has 1 atom stereocenters. The molecular formula is C13H17FN2O3. The van der Waals surface area contributed by atoms with Crippen molar-refractivity contribution in [3.05, 3.63) is 24.0 Å². The van der Waals surface area contributed by atoms with Crippen molar-refractivity contribution in [1.29, 1.82) is 0 Å². The minimum atomic E-state index is -0.572. The summed E-state index contributed by atoms with van der Waals surface area (Å²) in [5.41, 5.74) is 0.404. The second kappa shape index (κ2) is 6.84. The molecule has 6 heteroatoms. The molecule has 0 aliphatic carbocycles. The summed E-state index contributed by atoms with van der Waals surface area (Å²) >= 11 is 0. The first-order chi connectivity index (χ1) is 8.88. The fourth-order valence-corrected chi connectivity index (χ4v) is 1.45. The number of anilines is 2. The Morgan fingerprint density at radius 3 is 2.63 bits per heavy atom. The topological polar surface area (TPSA) is 78.4 Å². The van der Waals surface area contributed by atoms with Crippen molar-refractivity contribution in [2.45, 2.75) is 32.8 Å². The summed E-state index contributed by atoms with van der Waals surface area (Å²) in [4.78, 5) is 22.4. The van der Waals surface area contributed by atoms with Gasteiger partial charge in [-0.1, -0.05) is 0 Å². The molecule has 0 aliphatic rings. The molecule has 104 valence electrons. The van der Waals surface area contributed by atoms with E-state index in [1.807, 2.05) is 0 Å². The molecule has 0 fully saturated rings. The van der Waals surface area contributed by atoms with Crippen LogP contribution in [0.4, 0.5) is 15.8 Å². The highest BCUT2D eigenvalue weighted by molar-refractivity contribution is 5.93. The standard InChI is InChI=1S/C13H17FN2O3/c1-8(17)3-6-13(19)16-10-4-5-11(14)12(7-10)15-9(2)18/h4-5,7-8,17H,3,6H2,1-2H3,(H,15,18)(H,16,19). The zero-order valence-electron chi connectivity index (χ0n) is 10.9. The van der Waals surface area contributed by atoms with Crippen LogP contribution in [0.5, 0.6) is 0 Å². The lowest BCUT2D eigenvalue weighted by Crippen LogP contribution is -2.14. The normalized spacial score (nSPS) is 11.8. The Labute approximate surface area is 110 Å². The third-order valence-corrected chi connectivity index (χ3v) is 2.35. The molecule has 1 aromatic rings. The highest BCUT2D eigenvalue weighted by Crippen LogP contribution is 2.19. The van der Waals surface area contributed by atoms with Crippen LogP contribution in [0.2, 0.25) is 0 Å². The van der Waals surface area contributed by atoms with Gasteiger partial charge in [-0.25, -0.2) is 4.39 Å². The molecule has 1 aromatic carbocycles. The third kappa shape index (κ3) is 5.48. The maximum atomic E-state index is 13.4. The Morgan fingerprint density at radius 2 is 2.05 bits per heavy atom. The lowest BCUT2D eigenvalue weighted by molar-refractivity contribution is -0.116. The molecule has 19 heavy (non-hydrogen) atoms. The first-order valence-corrected chi connectivity index (χ1v) is 5.93. The van der Waals surface area contributed by atoms with Crippen molar-refractivity contribution >= 4 is 23.2 Å². The molecule has 0 bridgehead atoms. The third-order valence-electron chi connectivity index (χ3n) is 2.35. The van der Waals surface area contributed by atoms with Gasteiger partial charge in [0.2, 0.25) is 11.8 Å². The van der Waals surface area contributed by atoms with E-state index >= 15 is 0 Å². The average molecular weight is 268 g/mol. The maximum Gasteiger partial charge on any atom is 0.224 e. The van der Waals surface area contributed by atoms with Gasteiger partial charge in [-0.2, -0.15) is 0 Å². The Hall–Kier alpha value is -1.95. The number of hydrogen-bond acceptors (Lipinski definition) is 3. The van der Waals surface area contributed by atoms with Crippen molar-refractivity contribution in [3.63, 3.8) is 0 Å². The lowest BCUT2D eigenvalue weighted by Gasteiger charge is -2.09. The van der Waals surface area contributed by atoms with Crippen LogP contribution in [-0.2, 0) is 9.59 Å². The summed E-state index contributed by atoms with van der Waals surface area (Å²) in [6.07, 6.45) is -0.0234. The fourth-order valence-electron chi connectivity index (χ4n) is 1.45. The van der Waals surface area contributed by atoms with E-state index in [0.717, 1.165) is 6.07 Å². The quantitative estimate of drug-likeness (QED) is 0.763. The number of amides is 2. The minimum absolute atomic E-state index is 0.0147. The molecule has 0 aromatic heterocycles. The molecule has 0 saturated heterocycles. The number of benzene rings is 1. The molecule has 0 radical (unpaired) electrons. The van der Waals surface area contributed by atoms with Crippen LogP contribution in [0, 0.1) is 5.82 Å². The summed E-state index contributed by atoms with van der Waals surface area (Å²) < 4.78 is 13.4. The van der Waals surface area contributed by atoms with Gasteiger partial charge in [0.25, 0.3) is 0 Å². The monoisotopic (exact) mass is 268 g/mol. The molecule has 2 amide bonds. The van der Waals surface area contributed by atoms with Crippen LogP contribution in [-0.4, -0.2) is 23.0 Å². The summed E-state index contributed by atoms with van der Waals surface area (Å²) in [6, 6.07) is 3.91. The van der Waals surface area contributed by atoms with Crippen LogP contribution < -0.4 is 10.6 Å². The van der Waals surface area contributed by atoms with E-state index in [9.17, 15) is 14.0 Å². The van der Waals surface area contributed by atoms with Gasteiger partial charge in [0.15, 0.2) is 0 Å². The van der Waals surface area contributed by atoms with E-state index < -0.39 is 17.8 Å². The predicted molar refractivity (Wildman–Crippen MR) is 70.2 cm³/mol. The Morgan fingerprint density at radius 1 is 1.37 bits per heavy atom. The van der Waals surface area contributed by atoms with Gasteiger partial charge in [0.1, 0.15) is 5.82 Å². The molecule has 3 N–H and O–H groups in total. The highest BCUT2D eigenvalue weighted by atomic mass is 19.1. The average Bonchev–Trinajstić information content (AvgIpc) is 2.30. The summed E-state index contributed by atoms with van der Waals surface area (Å²) in [5, 5.41) is 14.0. The number of halogens is 1. The SMILES string of the molecule is CC(=O)Nc1cc(NC(=O)CCC(C)O)ccc1F. The number of aliphatic hydroxyl groups excluding tert-OH is 1. The summed E-state index contributed by atoms with van der Waals surface area (Å²) in [6.45, 7) is 2.87. The molecule has 0 spiro atoms. The molecular weight excluding hydrogens is 251 g/mol. The van der Waals surface area contributed by atoms with E-state index in [2.05, 4.69) is 10.6 Å². The van der Waals surface area contributed by atoms with E-state index in [1.165, 1.54) is 19.1 Å². The molecule has 5 nitrogen and oxygen atoms in total. The number of hydrogen-bond donors (Lipinski definition) is 3. The zero-order valence-corrected chi connectivity index (χ0v) is 10.9.